The molecule has 0 saturated carbocycles. The van der Waals surface area contributed by atoms with Crippen LogP contribution in [0.2, 0.25) is 0 Å². The van der Waals surface area contributed by atoms with Crippen molar-refractivity contribution in [3.63, 3.8) is 0 Å². The summed E-state index contributed by atoms with van der Waals surface area (Å²) in [4.78, 5) is 2.31. The minimum atomic E-state index is 0.616. The lowest BCUT2D eigenvalue weighted by atomic mass is 10.1. The van der Waals surface area contributed by atoms with E-state index in [2.05, 4.69) is 42.4 Å². The van der Waals surface area contributed by atoms with Crippen LogP contribution in [-0.2, 0) is 6.42 Å². The molecule has 0 aliphatic carbocycles. The van der Waals surface area contributed by atoms with Gasteiger partial charge in [0, 0.05) is 19.6 Å². The van der Waals surface area contributed by atoms with Crippen LogP contribution in [0.4, 0.5) is 5.69 Å². The van der Waals surface area contributed by atoms with Crippen molar-refractivity contribution < 1.29 is 4.74 Å². The van der Waals surface area contributed by atoms with Gasteiger partial charge in [-0.15, -0.1) is 0 Å². The van der Waals surface area contributed by atoms with Crippen molar-refractivity contribution >= 4 is 5.69 Å². The van der Waals surface area contributed by atoms with E-state index in [1.54, 1.807) is 7.11 Å². The number of anilines is 1. The summed E-state index contributed by atoms with van der Waals surface area (Å²) in [6.07, 6.45) is 3.64. The standard InChI is InChI=1S/C15H24N2O/c1-4-12-7-8-15(18-3)14(10-12)17(2)11-13-6-5-9-16-13/h7-8,10,13,16H,4-6,9,11H2,1-3H3. The number of nitrogens with one attached hydrogen (secondary N) is 1. The highest BCUT2D eigenvalue weighted by molar-refractivity contribution is 5.59. The Morgan fingerprint density at radius 1 is 1.44 bits per heavy atom. The predicted octanol–water partition coefficient (Wildman–Crippen LogP) is 2.45. The molecule has 3 heteroatoms. The van der Waals surface area contributed by atoms with Crippen LogP contribution in [-0.4, -0.2) is 33.3 Å². The van der Waals surface area contributed by atoms with E-state index in [0.717, 1.165) is 25.3 Å². The first kappa shape index (κ1) is 13.2. The van der Waals surface area contributed by atoms with E-state index in [4.69, 9.17) is 4.74 Å². The monoisotopic (exact) mass is 248 g/mol. The van der Waals surface area contributed by atoms with E-state index in [1.807, 2.05) is 0 Å². The first-order valence-corrected chi connectivity index (χ1v) is 6.86. The molecule has 1 aliphatic heterocycles. The summed E-state index contributed by atoms with van der Waals surface area (Å²) in [6.45, 7) is 4.39. The van der Waals surface area contributed by atoms with Crippen LogP contribution in [0.15, 0.2) is 18.2 Å². The first-order chi connectivity index (χ1) is 8.74. The summed E-state index contributed by atoms with van der Waals surface area (Å²) in [5.74, 6) is 0.965. The molecule has 1 aromatic rings. The number of ether oxygens (including phenoxy) is 1. The molecule has 0 bridgehead atoms. The molecule has 1 fully saturated rings. The Balaban J connectivity index is 2.13. The molecule has 0 spiro atoms. The van der Waals surface area contributed by atoms with Crippen LogP contribution in [0.5, 0.6) is 5.75 Å². The highest BCUT2D eigenvalue weighted by Crippen LogP contribution is 2.29. The van der Waals surface area contributed by atoms with Crippen molar-refractivity contribution in [1.82, 2.24) is 5.32 Å². The van der Waals surface area contributed by atoms with Crippen LogP contribution in [0.25, 0.3) is 0 Å². The number of rotatable bonds is 5. The molecule has 0 amide bonds. The summed E-state index contributed by atoms with van der Waals surface area (Å²) in [7, 11) is 3.89. The maximum Gasteiger partial charge on any atom is 0.142 e. The van der Waals surface area contributed by atoms with Crippen molar-refractivity contribution in [3.8, 4) is 5.75 Å². The van der Waals surface area contributed by atoms with Gasteiger partial charge in [0.1, 0.15) is 5.75 Å². The highest BCUT2D eigenvalue weighted by Gasteiger charge is 2.18. The topological polar surface area (TPSA) is 24.5 Å². The summed E-state index contributed by atoms with van der Waals surface area (Å²) < 4.78 is 5.47. The fourth-order valence-corrected chi connectivity index (χ4v) is 2.60. The second-order valence-corrected chi connectivity index (χ2v) is 5.03. The zero-order valence-corrected chi connectivity index (χ0v) is 11.7. The molecule has 1 aromatic carbocycles. The van der Waals surface area contributed by atoms with Crippen molar-refractivity contribution in [2.24, 2.45) is 0 Å². The third-order valence-electron chi connectivity index (χ3n) is 3.72. The van der Waals surface area contributed by atoms with E-state index >= 15 is 0 Å². The van der Waals surface area contributed by atoms with Crippen molar-refractivity contribution in [2.45, 2.75) is 32.2 Å². The Labute approximate surface area is 110 Å². The molecule has 2 rings (SSSR count). The molecular formula is C15H24N2O. The molecule has 0 radical (unpaired) electrons. The van der Waals surface area contributed by atoms with Crippen LogP contribution in [0.1, 0.15) is 25.3 Å². The van der Waals surface area contributed by atoms with Gasteiger partial charge < -0.3 is 15.0 Å². The zero-order valence-electron chi connectivity index (χ0n) is 11.7. The molecule has 0 aromatic heterocycles. The molecule has 1 heterocycles. The minimum Gasteiger partial charge on any atom is -0.495 e. The predicted molar refractivity (Wildman–Crippen MR) is 76.7 cm³/mol. The average Bonchev–Trinajstić information content (AvgIpc) is 2.90. The van der Waals surface area contributed by atoms with Crippen molar-refractivity contribution in [1.29, 1.82) is 0 Å². The SMILES string of the molecule is CCc1ccc(OC)c(N(C)CC2CCCN2)c1. The Morgan fingerprint density at radius 3 is 2.89 bits per heavy atom. The van der Waals surface area contributed by atoms with Gasteiger partial charge in [0.15, 0.2) is 0 Å². The molecule has 1 unspecified atom stereocenters. The maximum absolute atomic E-state index is 5.47. The lowest BCUT2D eigenvalue weighted by molar-refractivity contribution is 0.414. The summed E-state index contributed by atoms with van der Waals surface area (Å²) in [5, 5.41) is 3.54. The smallest absolute Gasteiger partial charge is 0.142 e. The summed E-state index contributed by atoms with van der Waals surface area (Å²) >= 11 is 0. The van der Waals surface area contributed by atoms with Crippen LogP contribution < -0.4 is 15.0 Å². The third kappa shape index (κ3) is 2.96. The first-order valence-electron chi connectivity index (χ1n) is 6.86. The normalized spacial score (nSPS) is 18.9. The lowest BCUT2D eigenvalue weighted by Gasteiger charge is -2.25. The molecule has 3 nitrogen and oxygen atoms in total. The molecule has 1 N–H and O–H groups in total. The zero-order chi connectivity index (χ0) is 13.0. The summed E-state index contributed by atoms with van der Waals surface area (Å²) in [5.41, 5.74) is 2.56. The van der Waals surface area contributed by atoms with Gasteiger partial charge in [0.05, 0.1) is 12.8 Å². The highest BCUT2D eigenvalue weighted by atomic mass is 16.5. The van der Waals surface area contributed by atoms with E-state index in [9.17, 15) is 0 Å². The largest absolute Gasteiger partial charge is 0.495 e. The summed E-state index contributed by atoms with van der Waals surface area (Å²) in [6, 6.07) is 7.08. The molecular weight excluding hydrogens is 224 g/mol. The second kappa shape index (κ2) is 6.10. The van der Waals surface area contributed by atoms with Gasteiger partial charge in [-0.1, -0.05) is 13.0 Å². The van der Waals surface area contributed by atoms with Gasteiger partial charge in [-0.2, -0.15) is 0 Å². The number of nitrogens with zero attached hydrogens (tertiary/aromatic N) is 1. The van der Waals surface area contributed by atoms with Crippen LogP contribution in [0, 0.1) is 0 Å². The Bertz CT molecular complexity index is 386. The number of likely N-dealkylation sites (N-methyl/N-ethyl adjacent to an activating group) is 1. The van der Waals surface area contributed by atoms with E-state index < -0.39 is 0 Å². The van der Waals surface area contributed by atoms with Gasteiger partial charge >= 0.3 is 0 Å². The Kier molecular flexibility index (Phi) is 4.48. The van der Waals surface area contributed by atoms with Gasteiger partial charge in [-0.25, -0.2) is 0 Å². The third-order valence-corrected chi connectivity index (χ3v) is 3.72. The van der Waals surface area contributed by atoms with Crippen molar-refractivity contribution in [2.75, 3.05) is 32.1 Å². The van der Waals surface area contributed by atoms with E-state index in [-0.39, 0.29) is 0 Å². The number of methoxy groups -OCH3 is 1. The van der Waals surface area contributed by atoms with E-state index in [0.29, 0.717) is 6.04 Å². The number of aryl methyl sites for hydroxylation is 1. The Hall–Kier alpha value is -1.22. The number of hydrogen-bond donors (Lipinski definition) is 1. The molecule has 1 saturated heterocycles. The van der Waals surface area contributed by atoms with Crippen LogP contribution in [0.3, 0.4) is 0 Å². The molecule has 1 aliphatic rings. The maximum atomic E-state index is 5.47. The van der Waals surface area contributed by atoms with E-state index in [1.165, 1.54) is 24.1 Å². The quantitative estimate of drug-likeness (QED) is 0.866. The number of hydrogen-bond acceptors (Lipinski definition) is 3. The lowest BCUT2D eigenvalue weighted by Crippen LogP contribution is -2.35. The second-order valence-electron chi connectivity index (χ2n) is 5.03. The van der Waals surface area contributed by atoms with Gasteiger partial charge in [-0.3, -0.25) is 0 Å². The van der Waals surface area contributed by atoms with Gasteiger partial charge in [-0.05, 0) is 43.5 Å². The van der Waals surface area contributed by atoms with Gasteiger partial charge in [0.2, 0.25) is 0 Å². The van der Waals surface area contributed by atoms with Crippen LogP contribution >= 0.6 is 0 Å². The minimum absolute atomic E-state index is 0.616. The number of benzene rings is 1. The molecule has 1 atom stereocenters. The van der Waals surface area contributed by atoms with Gasteiger partial charge in [0.25, 0.3) is 0 Å². The average molecular weight is 248 g/mol. The molecule has 100 valence electrons. The molecule has 18 heavy (non-hydrogen) atoms. The Morgan fingerprint density at radius 2 is 2.28 bits per heavy atom. The fraction of sp³-hybridized carbons (Fsp3) is 0.600. The fourth-order valence-electron chi connectivity index (χ4n) is 2.60. The van der Waals surface area contributed by atoms with Crippen molar-refractivity contribution in [3.05, 3.63) is 23.8 Å².